The van der Waals surface area contributed by atoms with Gasteiger partial charge in [0.2, 0.25) is 0 Å². The van der Waals surface area contributed by atoms with Crippen molar-refractivity contribution < 1.29 is 0 Å². The molecule has 0 fully saturated rings. The van der Waals surface area contributed by atoms with Crippen molar-refractivity contribution in [1.82, 2.24) is 10.2 Å². The van der Waals surface area contributed by atoms with Crippen LogP contribution in [0.1, 0.15) is 25.5 Å². The minimum Gasteiger partial charge on any atom is -0.198 e. The van der Waals surface area contributed by atoms with E-state index in [1.807, 2.05) is 44.2 Å². The number of aromatic nitrogens is 2. The van der Waals surface area contributed by atoms with Gasteiger partial charge in [0, 0.05) is 5.39 Å². The van der Waals surface area contributed by atoms with Gasteiger partial charge in [-0.3, -0.25) is 0 Å². The van der Waals surface area contributed by atoms with Gasteiger partial charge in [0.15, 0.2) is 0 Å². The highest BCUT2D eigenvalue weighted by atomic mass is 15.1. The Labute approximate surface area is 94.7 Å². The van der Waals surface area contributed by atoms with Gasteiger partial charge in [0.25, 0.3) is 0 Å². The molecule has 0 aliphatic carbocycles. The van der Waals surface area contributed by atoms with Crippen LogP contribution in [0.5, 0.6) is 0 Å². The van der Waals surface area contributed by atoms with Crippen molar-refractivity contribution in [2.75, 3.05) is 0 Å². The maximum Gasteiger partial charge on any atom is 0.0929 e. The molecule has 0 aliphatic heterocycles. The zero-order chi connectivity index (χ0) is 11.5. The van der Waals surface area contributed by atoms with Crippen LogP contribution in [0.2, 0.25) is 0 Å². The molecule has 2 aromatic rings. The molecule has 2 rings (SSSR count). The van der Waals surface area contributed by atoms with Crippen molar-refractivity contribution in [1.29, 1.82) is 5.26 Å². The lowest BCUT2D eigenvalue weighted by molar-refractivity contribution is 0.571. The van der Waals surface area contributed by atoms with Gasteiger partial charge in [-0.05, 0) is 18.1 Å². The fraction of sp³-hybridized carbons (Fsp3) is 0.308. The van der Waals surface area contributed by atoms with Gasteiger partial charge >= 0.3 is 0 Å². The molecular weight excluding hydrogens is 198 g/mol. The molecule has 80 valence electrons. The molecule has 0 bridgehead atoms. The van der Waals surface area contributed by atoms with Gasteiger partial charge in [-0.25, -0.2) is 0 Å². The van der Waals surface area contributed by atoms with Gasteiger partial charge < -0.3 is 0 Å². The second-order valence-electron chi connectivity index (χ2n) is 4.18. The fourth-order valence-corrected chi connectivity index (χ4v) is 1.71. The average molecular weight is 211 g/mol. The summed E-state index contributed by atoms with van der Waals surface area (Å²) in [5.74, 6) is 0.0672. The minimum atomic E-state index is -0.183. The Bertz CT molecular complexity index is 540. The summed E-state index contributed by atoms with van der Waals surface area (Å²) in [6.07, 6.45) is 0. The molecule has 0 spiro atoms. The lowest BCUT2D eigenvalue weighted by atomic mass is 9.93. The summed E-state index contributed by atoms with van der Waals surface area (Å²) in [5, 5.41) is 18.4. The van der Waals surface area contributed by atoms with Gasteiger partial charge in [-0.2, -0.15) is 15.5 Å². The van der Waals surface area contributed by atoms with Crippen LogP contribution in [0.15, 0.2) is 30.3 Å². The highest BCUT2D eigenvalue weighted by Gasteiger charge is 2.17. The van der Waals surface area contributed by atoms with E-state index in [4.69, 9.17) is 5.26 Å². The Morgan fingerprint density at radius 3 is 2.62 bits per heavy atom. The fourth-order valence-electron chi connectivity index (χ4n) is 1.71. The molecule has 0 saturated heterocycles. The Morgan fingerprint density at radius 2 is 1.94 bits per heavy atom. The predicted molar refractivity (Wildman–Crippen MR) is 62.7 cm³/mol. The molecule has 1 unspecified atom stereocenters. The lowest BCUT2D eigenvalue weighted by Gasteiger charge is -2.11. The largest absolute Gasteiger partial charge is 0.198 e. The van der Waals surface area contributed by atoms with Gasteiger partial charge in [-0.1, -0.05) is 32.0 Å². The van der Waals surface area contributed by atoms with E-state index in [-0.39, 0.29) is 11.8 Å². The van der Waals surface area contributed by atoms with E-state index in [2.05, 4.69) is 16.3 Å². The predicted octanol–water partition coefficient (Wildman–Crippen LogP) is 2.89. The second kappa shape index (κ2) is 4.28. The third-order valence-corrected chi connectivity index (χ3v) is 2.64. The summed E-state index contributed by atoms with van der Waals surface area (Å²) in [4.78, 5) is 0. The van der Waals surface area contributed by atoms with Crippen molar-refractivity contribution >= 4 is 10.9 Å². The number of benzene rings is 1. The summed E-state index contributed by atoms with van der Waals surface area (Å²) in [7, 11) is 0. The molecule has 3 heteroatoms. The first-order valence-electron chi connectivity index (χ1n) is 5.34. The van der Waals surface area contributed by atoms with Crippen LogP contribution in [0, 0.1) is 17.2 Å². The first-order valence-corrected chi connectivity index (χ1v) is 5.34. The molecule has 0 amide bonds. The van der Waals surface area contributed by atoms with Crippen LogP contribution < -0.4 is 0 Å². The third-order valence-electron chi connectivity index (χ3n) is 2.64. The topological polar surface area (TPSA) is 49.6 Å². The maximum atomic E-state index is 9.10. The second-order valence-corrected chi connectivity index (χ2v) is 4.18. The summed E-state index contributed by atoms with van der Waals surface area (Å²) < 4.78 is 0. The van der Waals surface area contributed by atoms with Gasteiger partial charge in [0.1, 0.15) is 0 Å². The number of rotatable bonds is 2. The summed E-state index contributed by atoms with van der Waals surface area (Å²) in [6, 6.07) is 12.0. The molecule has 0 radical (unpaired) electrons. The highest BCUT2D eigenvalue weighted by Crippen LogP contribution is 2.23. The molecule has 1 atom stereocenters. The molecule has 1 aromatic heterocycles. The zero-order valence-corrected chi connectivity index (χ0v) is 9.38. The van der Waals surface area contributed by atoms with Crippen LogP contribution >= 0.6 is 0 Å². The van der Waals surface area contributed by atoms with Crippen molar-refractivity contribution in [3.63, 3.8) is 0 Å². The molecular formula is C13H13N3. The van der Waals surface area contributed by atoms with E-state index in [1.165, 1.54) is 0 Å². The van der Waals surface area contributed by atoms with Crippen LogP contribution in [0.3, 0.4) is 0 Å². The first kappa shape index (κ1) is 10.6. The molecule has 16 heavy (non-hydrogen) atoms. The number of hydrogen-bond acceptors (Lipinski definition) is 3. The van der Waals surface area contributed by atoms with Crippen molar-refractivity contribution in [2.24, 2.45) is 5.92 Å². The Hall–Kier alpha value is -1.95. The van der Waals surface area contributed by atoms with E-state index in [0.717, 1.165) is 16.6 Å². The normalized spacial score (nSPS) is 12.6. The smallest absolute Gasteiger partial charge is 0.0929 e. The molecule has 1 heterocycles. The minimum absolute atomic E-state index is 0.183. The maximum absolute atomic E-state index is 9.10. The molecule has 3 nitrogen and oxygen atoms in total. The molecule has 0 aliphatic rings. The lowest BCUT2D eigenvalue weighted by Crippen LogP contribution is -2.07. The van der Waals surface area contributed by atoms with Gasteiger partial charge in [-0.15, -0.1) is 0 Å². The third kappa shape index (κ3) is 1.87. The van der Waals surface area contributed by atoms with E-state index in [0.29, 0.717) is 0 Å². The van der Waals surface area contributed by atoms with E-state index in [9.17, 15) is 0 Å². The summed E-state index contributed by atoms with van der Waals surface area (Å²) in [6.45, 7) is 4.04. The SMILES string of the molecule is CC(C)C(C#N)c1cc2ccccc2nn1. The monoisotopic (exact) mass is 211 g/mol. The number of nitrogens with zero attached hydrogens (tertiary/aromatic N) is 3. The van der Waals surface area contributed by atoms with Crippen molar-refractivity contribution in [2.45, 2.75) is 19.8 Å². The Morgan fingerprint density at radius 1 is 1.19 bits per heavy atom. The van der Waals surface area contributed by atoms with Crippen molar-refractivity contribution in [3.05, 3.63) is 36.0 Å². The van der Waals surface area contributed by atoms with E-state index in [1.54, 1.807) is 0 Å². The molecule has 0 N–H and O–H groups in total. The van der Waals surface area contributed by atoms with Crippen LogP contribution in [-0.4, -0.2) is 10.2 Å². The highest BCUT2D eigenvalue weighted by molar-refractivity contribution is 5.78. The first-order chi connectivity index (χ1) is 7.72. The molecule has 1 aromatic carbocycles. The van der Waals surface area contributed by atoms with Crippen LogP contribution in [0.25, 0.3) is 10.9 Å². The average Bonchev–Trinajstić information content (AvgIpc) is 2.29. The quantitative estimate of drug-likeness (QED) is 0.767. The summed E-state index contributed by atoms with van der Waals surface area (Å²) in [5.41, 5.74) is 1.63. The van der Waals surface area contributed by atoms with Crippen molar-refractivity contribution in [3.8, 4) is 6.07 Å². The number of fused-ring (bicyclic) bond motifs is 1. The van der Waals surface area contributed by atoms with Crippen LogP contribution in [-0.2, 0) is 0 Å². The van der Waals surface area contributed by atoms with Crippen LogP contribution in [0.4, 0.5) is 0 Å². The zero-order valence-electron chi connectivity index (χ0n) is 9.38. The Balaban J connectivity index is 2.51. The number of nitriles is 1. The van der Waals surface area contributed by atoms with E-state index >= 15 is 0 Å². The molecule has 0 saturated carbocycles. The number of hydrogen-bond donors (Lipinski definition) is 0. The Kier molecular flexibility index (Phi) is 2.82. The summed E-state index contributed by atoms with van der Waals surface area (Å²) >= 11 is 0. The van der Waals surface area contributed by atoms with Gasteiger partial charge in [0.05, 0.1) is 23.2 Å². The van der Waals surface area contributed by atoms with E-state index < -0.39 is 0 Å². The standard InChI is InChI=1S/C13H13N3/c1-9(2)11(8-14)13-7-10-5-3-4-6-12(10)15-16-13/h3-7,9,11H,1-2H3.